The van der Waals surface area contributed by atoms with Crippen molar-refractivity contribution in [1.82, 2.24) is 0 Å². The first-order chi connectivity index (χ1) is 14.1. The van der Waals surface area contributed by atoms with Crippen molar-refractivity contribution in [3.8, 4) is 0 Å². The van der Waals surface area contributed by atoms with Gasteiger partial charge < -0.3 is 5.32 Å². The first kappa shape index (κ1) is 19.4. The van der Waals surface area contributed by atoms with Gasteiger partial charge in [-0.25, -0.2) is 4.39 Å². The molecule has 0 radical (unpaired) electrons. The van der Waals surface area contributed by atoms with Gasteiger partial charge in [0, 0.05) is 24.1 Å². The van der Waals surface area contributed by atoms with Crippen molar-refractivity contribution in [1.29, 1.82) is 0 Å². The van der Waals surface area contributed by atoms with Gasteiger partial charge in [0.25, 0.3) is 0 Å². The highest BCUT2D eigenvalue weighted by atomic mass is 19.1. The largest absolute Gasteiger partial charge is 0.357 e. The first-order valence-corrected chi connectivity index (χ1v) is 10.3. The third kappa shape index (κ3) is 3.69. The number of nitrogens with zero attached hydrogens (tertiary/aromatic N) is 1. The van der Waals surface area contributed by atoms with E-state index in [1.54, 1.807) is 17.0 Å². The number of nitrogens with one attached hydrogen (secondary N) is 1. The molecule has 0 unspecified atom stereocenters. The lowest BCUT2D eigenvalue weighted by atomic mass is 9.85. The minimum absolute atomic E-state index is 0.0254. The molecule has 4 rings (SSSR count). The monoisotopic (exact) mass is 392 g/mol. The van der Waals surface area contributed by atoms with Crippen molar-refractivity contribution >= 4 is 23.1 Å². The van der Waals surface area contributed by atoms with E-state index in [0.717, 1.165) is 48.3 Å². The molecule has 150 valence electrons. The number of hydrogen-bond donors (Lipinski definition) is 1. The summed E-state index contributed by atoms with van der Waals surface area (Å²) >= 11 is 0. The van der Waals surface area contributed by atoms with Crippen molar-refractivity contribution in [3.05, 3.63) is 71.2 Å². The first-order valence-electron chi connectivity index (χ1n) is 10.3. The van der Waals surface area contributed by atoms with E-state index in [0.29, 0.717) is 18.4 Å². The second kappa shape index (κ2) is 8.19. The van der Waals surface area contributed by atoms with Gasteiger partial charge in [0.05, 0.1) is 17.4 Å². The highest BCUT2D eigenvalue weighted by molar-refractivity contribution is 6.06. The van der Waals surface area contributed by atoms with Crippen LogP contribution in [0, 0.1) is 5.82 Å². The molecule has 1 N–H and O–H groups in total. The topological polar surface area (TPSA) is 49.4 Å². The summed E-state index contributed by atoms with van der Waals surface area (Å²) in [6.45, 7) is 2.05. The summed E-state index contributed by atoms with van der Waals surface area (Å²) < 4.78 is 13.6. The van der Waals surface area contributed by atoms with Gasteiger partial charge in [0.1, 0.15) is 5.82 Å². The number of Topliss-reactive ketones (excluding diaryl/α,β-unsaturated/α-hetero) is 1. The van der Waals surface area contributed by atoms with Crippen LogP contribution in [-0.2, 0) is 9.59 Å². The third-order valence-electron chi connectivity index (χ3n) is 5.64. The highest BCUT2D eigenvalue weighted by Crippen LogP contribution is 2.45. The molecule has 1 aliphatic carbocycles. The van der Waals surface area contributed by atoms with Gasteiger partial charge >= 0.3 is 0 Å². The number of allylic oxidation sites excluding steroid dienone is 1. The Morgan fingerprint density at radius 3 is 2.66 bits per heavy atom. The van der Waals surface area contributed by atoms with E-state index in [4.69, 9.17) is 0 Å². The van der Waals surface area contributed by atoms with Crippen molar-refractivity contribution < 1.29 is 14.0 Å². The Morgan fingerprint density at radius 2 is 1.90 bits per heavy atom. The number of hydrogen-bond acceptors (Lipinski definition) is 3. The number of carbonyl (C=O) groups excluding carboxylic acids is 2. The van der Waals surface area contributed by atoms with Gasteiger partial charge in [-0.15, -0.1) is 0 Å². The smallest absolute Gasteiger partial charge is 0.227 e. The Balaban J connectivity index is 1.94. The molecule has 0 saturated carbocycles. The minimum Gasteiger partial charge on any atom is -0.357 e. The number of ketones is 1. The number of unbranched alkanes of at least 4 members (excludes halogenated alkanes) is 1. The van der Waals surface area contributed by atoms with E-state index in [1.165, 1.54) is 12.1 Å². The van der Waals surface area contributed by atoms with Crippen LogP contribution in [-0.4, -0.2) is 11.7 Å². The summed E-state index contributed by atoms with van der Waals surface area (Å²) in [7, 11) is 0. The van der Waals surface area contributed by atoms with Crippen LogP contribution in [0.15, 0.2) is 59.8 Å². The van der Waals surface area contributed by atoms with Crippen LogP contribution >= 0.6 is 0 Å². The van der Waals surface area contributed by atoms with Crippen molar-refractivity contribution in [2.24, 2.45) is 0 Å². The van der Waals surface area contributed by atoms with E-state index in [-0.39, 0.29) is 17.5 Å². The number of rotatable bonds is 4. The number of fused-ring (bicyclic) bond motifs is 1. The molecule has 0 fully saturated rings. The van der Waals surface area contributed by atoms with E-state index < -0.39 is 6.04 Å². The molecular formula is C24H25FN2O2. The van der Waals surface area contributed by atoms with Crippen LogP contribution in [0.1, 0.15) is 57.1 Å². The van der Waals surface area contributed by atoms with Crippen molar-refractivity contribution in [2.45, 2.75) is 51.5 Å². The van der Waals surface area contributed by atoms with Crippen molar-refractivity contribution in [2.75, 3.05) is 10.2 Å². The standard InChI is InChI=1S/C24H25FN2O2/c1-2-3-11-22(29)27-20-9-5-4-7-18(20)26-19-8-6-10-21(28)23(19)24(27)16-12-14-17(25)15-13-16/h4-5,7,9,12-15,24,26H,2-3,6,8,10-11H2,1H3/t24-/m0/s1. The molecule has 1 aliphatic heterocycles. The fourth-order valence-electron chi connectivity index (χ4n) is 4.22. The summed E-state index contributed by atoms with van der Waals surface area (Å²) in [5, 5.41) is 3.43. The zero-order chi connectivity index (χ0) is 20.4. The maximum atomic E-state index is 13.6. The van der Waals surface area contributed by atoms with Crippen LogP contribution < -0.4 is 10.2 Å². The van der Waals surface area contributed by atoms with Crippen LogP contribution in [0.4, 0.5) is 15.8 Å². The van der Waals surface area contributed by atoms with Gasteiger partial charge in [-0.2, -0.15) is 0 Å². The molecule has 2 aromatic rings. The van der Waals surface area contributed by atoms with Gasteiger partial charge in [-0.1, -0.05) is 37.6 Å². The van der Waals surface area contributed by atoms with E-state index in [2.05, 4.69) is 5.32 Å². The van der Waals surface area contributed by atoms with Gasteiger partial charge in [0.15, 0.2) is 5.78 Å². The number of carbonyl (C=O) groups is 2. The molecule has 1 atom stereocenters. The summed E-state index contributed by atoms with van der Waals surface area (Å²) in [6, 6.07) is 13.2. The van der Waals surface area contributed by atoms with Crippen molar-refractivity contribution in [3.63, 3.8) is 0 Å². The number of halogens is 1. The quantitative estimate of drug-likeness (QED) is 0.745. The fourth-order valence-corrected chi connectivity index (χ4v) is 4.22. The zero-order valence-corrected chi connectivity index (χ0v) is 16.6. The van der Waals surface area contributed by atoms with Crippen LogP contribution in [0.5, 0.6) is 0 Å². The lowest BCUT2D eigenvalue weighted by Gasteiger charge is -2.34. The van der Waals surface area contributed by atoms with Gasteiger partial charge in [0.2, 0.25) is 5.91 Å². The SMILES string of the molecule is CCCCC(=O)N1c2ccccc2NC2=C(C(=O)CCC2)[C@@H]1c1ccc(F)cc1. The molecule has 1 amide bonds. The van der Waals surface area contributed by atoms with Crippen LogP contribution in [0.3, 0.4) is 0 Å². The number of benzene rings is 2. The minimum atomic E-state index is -0.557. The van der Waals surface area contributed by atoms with Crippen LogP contribution in [0.25, 0.3) is 0 Å². The average molecular weight is 392 g/mol. The summed E-state index contributed by atoms with van der Waals surface area (Å²) in [4.78, 5) is 28.2. The predicted molar refractivity (Wildman–Crippen MR) is 112 cm³/mol. The zero-order valence-electron chi connectivity index (χ0n) is 16.6. The molecule has 1 heterocycles. The maximum absolute atomic E-state index is 13.6. The van der Waals surface area contributed by atoms with Gasteiger partial charge in [-0.05, 0) is 49.1 Å². The number of anilines is 2. The Hall–Kier alpha value is -2.95. The molecule has 2 aliphatic rings. The fraction of sp³-hybridized carbons (Fsp3) is 0.333. The highest BCUT2D eigenvalue weighted by Gasteiger charge is 2.39. The van der Waals surface area contributed by atoms with E-state index >= 15 is 0 Å². The lowest BCUT2D eigenvalue weighted by Crippen LogP contribution is -2.38. The Morgan fingerprint density at radius 1 is 1.14 bits per heavy atom. The summed E-state index contributed by atoms with van der Waals surface area (Å²) in [5.41, 5.74) is 3.82. The van der Waals surface area contributed by atoms with E-state index in [1.807, 2.05) is 31.2 Å². The molecule has 0 saturated heterocycles. The van der Waals surface area contributed by atoms with E-state index in [9.17, 15) is 14.0 Å². The number of amides is 1. The molecule has 2 aromatic carbocycles. The van der Waals surface area contributed by atoms with Gasteiger partial charge in [-0.3, -0.25) is 14.5 Å². The second-order valence-electron chi connectivity index (χ2n) is 7.63. The summed E-state index contributed by atoms with van der Waals surface area (Å²) in [6.07, 6.45) is 4.09. The molecule has 29 heavy (non-hydrogen) atoms. The van der Waals surface area contributed by atoms with Crippen LogP contribution in [0.2, 0.25) is 0 Å². The average Bonchev–Trinajstić information content (AvgIpc) is 2.87. The Labute approximate surface area is 170 Å². The summed E-state index contributed by atoms with van der Waals surface area (Å²) in [5.74, 6) is -0.314. The molecule has 0 bridgehead atoms. The molecule has 0 aromatic heterocycles. The normalized spacial score (nSPS) is 18.6. The molecule has 4 nitrogen and oxygen atoms in total. The molecular weight excluding hydrogens is 367 g/mol. The predicted octanol–water partition coefficient (Wildman–Crippen LogP) is 5.52. The third-order valence-corrected chi connectivity index (χ3v) is 5.64. The Bertz CT molecular complexity index is 965. The molecule has 0 spiro atoms. The Kier molecular flexibility index (Phi) is 5.47. The lowest BCUT2D eigenvalue weighted by molar-refractivity contribution is -0.119. The molecule has 5 heteroatoms. The number of para-hydroxylation sites is 2. The second-order valence-corrected chi connectivity index (χ2v) is 7.63. The maximum Gasteiger partial charge on any atom is 0.227 e.